The summed E-state index contributed by atoms with van der Waals surface area (Å²) in [5, 5.41) is 6.77. The molecule has 0 saturated heterocycles. The van der Waals surface area contributed by atoms with Crippen LogP contribution in [0.3, 0.4) is 0 Å². The van der Waals surface area contributed by atoms with E-state index in [0.29, 0.717) is 6.54 Å². The number of nitrogens with zero attached hydrogens (tertiary/aromatic N) is 1. The topological polar surface area (TPSA) is 89.2 Å². The highest BCUT2D eigenvalue weighted by molar-refractivity contribution is 5.80. The lowest BCUT2D eigenvalue weighted by molar-refractivity contribution is -0.121. The third-order valence-electron chi connectivity index (χ3n) is 4.49. The lowest BCUT2D eigenvalue weighted by Gasteiger charge is -2.17. The number of hydrogen-bond donors (Lipinski definition) is 3. The van der Waals surface area contributed by atoms with Crippen LogP contribution in [-0.2, 0) is 11.3 Å². The van der Waals surface area contributed by atoms with E-state index in [1.54, 1.807) is 0 Å². The smallest absolute Gasteiger partial charge is 0.312 e. The van der Waals surface area contributed by atoms with Crippen LogP contribution in [0.2, 0.25) is 0 Å². The van der Waals surface area contributed by atoms with Crippen LogP contribution in [0.15, 0.2) is 66.9 Å². The minimum Gasteiger partial charge on any atom is -0.356 e. The second-order valence-corrected chi connectivity index (χ2v) is 6.45. The SMILES string of the molecule is NC(=O)N[C@H](CC(=O)NCCCn1ccc2ccccc21)c1ccccc1. The van der Waals surface area contributed by atoms with E-state index < -0.39 is 12.1 Å². The van der Waals surface area contributed by atoms with E-state index in [-0.39, 0.29) is 12.3 Å². The summed E-state index contributed by atoms with van der Waals surface area (Å²) in [5.74, 6) is -0.116. The molecule has 0 fully saturated rings. The predicted octanol–water partition coefficient (Wildman–Crippen LogP) is 2.95. The maximum absolute atomic E-state index is 12.3. The third-order valence-corrected chi connectivity index (χ3v) is 4.49. The van der Waals surface area contributed by atoms with Gasteiger partial charge in [-0.05, 0) is 29.5 Å². The molecule has 27 heavy (non-hydrogen) atoms. The molecule has 0 aliphatic heterocycles. The lowest BCUT2D eigenvalue weighted by atomic mass is 10.0. The van der Waals surface area contributed by atoms with Gasteiger partial charge in [-0.2, -0.15) is 0 Å². The first-order chi connectivity index (χ1) is 13.1. The largest absolute Gasteiger partial charge is 0.356 e. The van der Waals surface area contributed by atoms with E-state index in [1.165, 1.54) is 10.9 Å². The molecule has 0 aliphatic rings. The number of aryl methyl sites for hydroxylation is 1. The fourth-order valence-electron chi connectivity index (χ4n) is 3.18. The molecule has 3 rings (SSSR count). The quantitative estimate of drug-likeness (QED) is 0.537. The fraction of sp³-hybridized carbons (Fsp3) is 0.238. The Kier molecular flexibility index (Phi) is 6.10. The molecule has 3 amide bonds. The fourth-order valence-corrected chi connectivity index (χ4v) is 3.18. The van der Waals surface area contributed by atoms with Gasteiger partial charge in [0.2, 0.25) is 5.91 Å². The number of fused-ring (bicyclic) bond motifs is 1. The number of nitrogens with one attached hydrogen (secondary N) is 2. The van der Waals surface area contributed by atoms with Crippen LogP contribution in [0, 0.1) is 0 Å². The van der Waals surface area contributed by atoms with Crippen LogP contribution in [0.25, 0.3) is 10.9 Å². The summed E-state index contributed by atoms with van der Waals surface area (Å²) in [7, 11) is 0. The average Bonchev–Trinajstić information content (AvgIpc) is 3.08. The molecule has 0 radical (unpaired) electrons. The second kappa shape index (κ2) is 8.89. The number of urea groups is 1. The van der Waals surface area contributed by atoms with Gasteiger partial charge < -0.3 is 20.9 Å². The van der Waals surface area contributed by atoms with Crippen molar-refractivity contribution in [2.24, 2.45) is 5.73 Å². The molecule has 140 valence electrons. The summed E-state index contributed by atoms with van der Waals surface area (Å²) in [6, 6.07) is 18.6. The molecule has 1 heterocycles. The van der Waals surface area contributed by atoms with Crippen molar-refractivity contribution < 1.29 is 9.59 Å². The minimum atomic E-state index is -0.642. The number of amides is 3. The Morgan fingerprint density at radius 1 is 1.00 bits per heavy atom. The van der Waals surface area contributed by atoms with Crippen LogP contribution < -0.4 is 16.4 Å². The van der Waals surface area contributed by atoms with Crippen molar-refractivity contribution in [3.63, 3.8) is 0 Å². The number of benzene rings is 2. The van der Waals surface area contributed by atoms with Crippen molar-refractivity contribution in [2.75, 3.05) is 6.54 Å². The number of nitrogens with two attached hydrogens (primary N) is 1. The number of rotatable bonds is 8. The number of para-hydroxylation sites is 1. The van der Waals surface area contributed by atoms with Crippen LogP contribution in [0.5, 0.6) is 0 Å². The summed E-state index contributed by atoms with van der Waals surface area (Å²) >= 11 is 0. The first-order valence-corrected chi connectivity index (χ1v) is 9.05. The Hall–Kier alpha value is -3.28. The molecule has 3 aromatic rings. The molecule has 6 heteroatoms. The highest BCUT2D eigenvalue weighted by Gasteiger charge is 2.16. The number of carbonyl (C=O) groups excluding carboxylic acids is 2. The molecule has 1 atom stereocenters. The number of aromatic nitrogens is 1. The predicted molar refractivity (Wildman–Crippen MR) is 106 cm³/mol. The minimum absolute atomic E-state index is 0.116. The normalized spacial score (nSPS) is 11.9. The van der Waals surface area contributed by atoms with Crippen LogP contribution in [0.4, 0.5) is 4.79 Å². The third kappa shape index (κ3) is 5.10. The van der Waals surface area contributed by atoms with Crippen LogP contribution in [-0.4, -0.2) is 23.1 Å². The van der Waals surface area contributed by atoms with Crippen LogP contribution >= 0.6 is 0 Å². The molecule has 0 aliphatic carbocycles. The number of primary amides is 1. The van der Waals surface area contributed by atoms with Crippen molar-refractivity contribution >= 4 is 22.8 Å². The van der Waals surface area contributed by atoms with E-state index in [2.05, 4.69) is 39.6 Å². The standard InChI is InChI=1S/C21H24N4O2/c22-21(27)24-18(16-7-2-1-3-8-16)15-20(26)23-12-6-13-25-14-11-17-9-4-5-10-19(17)25/h1-5,7-11,14,18H,6,12-13,15H2,(H,23,26)(H3,22,24,27)/t18-/m1/s1. The average molecular weight is 364 g/mol. The van der Waals surface area contributed by atoms with Crippen molar-refractivity contribution in [2.45, 2.75) is 25.4 Å². The van der Waals surface area contributed by atoms with Gasteiger partial charge in [0.25, 0.3) is 0 Å². The van der Waals surface area contributed by atoms with E-state index in [4.69, 9.17) is 5.73 Å². The van der Waals surface area contributed by atoms with Gasteiger partial charge in [0, 0.05) is 24.8 Å². The molecule has 0 saturated carbocycles. The number of hydrogen-bond acceptors (Lipinski definition) is 2. The maximum Gasteiger partial charge on any atom is 0.312 e. The Balaban J connectivity index is 1.48. The van der Waals surface area contributed by atoms with E-state index in [0.717, 1.165) is 18.5 Å². The lowest BCUT2D eigenvalue weighted by Crippen LogP contribution is -2.37. The second-order valence-electron chi connectivity index (χ2n) is 6.45. The van der Waals surface area contributed by atoms with Crippen molar-refractivity contribution in [3.05, 3.63) is 72.4 Å². The molecular weight excluding hydrogens is 340 g/mol. The highest BCUT2D eigenvalue weighted by atomic mass is 16.2. The summed E-state index contributed by atoms with van der Waals surface area (Å²) in [5.41, 5.74) is 7.29. The van der Waals surface area contributed by atoms with Gasteiger partial charge in [0.15, 0.2) is 0 Å². The number of carbonyl (C=O) groups is 2. The monoisotopic (exact) mass is 364 g/mol. The molecule has 4 N–H and O–H groups in total. The zero-order chi connectivity index (χ0) is 19.1. The first kappa shape index (κ1) is 18.5. The van der Waals surface area contributed by atoms with Gasteiger partial charge in [-0.15, -0.1) is 0 Å². The van der Waals surface area contributed by atoms with Gasteiger partial charge >= 0.3 is 6.03 Å². The van der Waals surface area contributed by atoms with Gasteiger partial charge in [-0.25, -0.2) is 4.79 Å². The summed E-state index contributed by atoms with van der Waals surface area (Å²) in [4.78, 5) is 23.5. The maximum atomic E-state index is 12.3. The molecule has 1 aromatic heterocycles. The van der Waals surface area contributed by atoms with Gasteiger partial charge in [0.1, 0.15) is 0 Å². The van der Waals surface area contributed by atoms with Crippen molar-refractivity contribution in [1.82, 2.24) is 15.2 Å². The zero-order valence-corrected chi connectivity index (χ0v) is 15.1. The Morgan fingerprint density at radius 2 is 1.74 bits per heavy atom. The summed E-state index contributed by atoms with van der Waals surface area (Å²) < 4.78 is 2.18. The van der Waals surface area contributed by atoms with Crippen molar-refractivity contribution in [1.29, 1.82) is 0 Å². The van der Waals surface area contributed by atoms with E-state index >= 15 is 0 Å². The van der Waals surface area contributed by atoms with Crippen molar-refractivity contribution in [3.8, 4) is 0 Å². The van der Waals surface area contributed by atoms with Crippen LogP contribution in [0.1, 0.15) is 24.4 Å². The molecule has 2 aromatic carbocycles. The molecule has 6 nitrogen and oxygen atoms in total. The first-order valence-electron chi connectivity index (χ1n) is 9.05. The van der Waals surface area contributed by atoms with Gasteiger partial charge in [-0.1, -0.05) is 48.5 Å². The molecule has 0 spiro atoms. The van der Waals surface area contributed by atoms with Gasteiger partial charge in [-0.3, -0.25) is 4.79 Å². The Labute approximate surface area is 158 Å². The van der Waals surface area contributed by atoms with E-state index in [9.17, 15) is 9.59 Å². The molecular formula is C21H24N4O2. The van der Waals surface area contributed by atoms with Gasteiger partial charge in [0.05, 0.1) is 12.5 Å². The van der Waals surface area contributed by atoms with E-state index in [1.807, 2.05) is 42.5 Å². The Morgan fingerprint density at radius 3 is 2.52 bits per heavy atom. The summed E-state index contributed by atoms with van der Waals surface area (Å²) in [6.07, 6.45) is 3.04. The molecule has 0 unspecified atom stereocenters. The zero-order valence-electron chi connectivity index (χ0n) is 15.1. The summed E-state index contributed by atoms with van der Waals surface area (Å²) in [6.45, 7) is 1.40. The highest BCUT2D eigenvalue weighted by Crippen LogP contribution is 2.17. The Bertz CT molecular complexity index is 905. The molecule has 0 bridgehead atoms.